The molecule has 0 saturated carbocycles. The zero-order valence-electron chi connectivity index (χ0n) is 11.7. The van der Waals surface area contributed by atoms with Crippen molar-refractivity contribution < 1.29 is 0 Å². The Morgan fingerprint density at radius 2 is 2.06 bits per heavy atom. The van der Waals surface area contributed by atoms with E-state index < -0.39 is 0 Å². The minimum Gasteiger partial charge on any atom is -0.324 e. The second-order valence-electron chi connectivity index (χ2n) is 5.87. The molecule has 3 N–H and O–H groups in total. The monoisotopic (exact) mass is 246 g/mol. The lowest BCUT2D eigenvalue weighted by molar-refractivity contribution is 0.406. The lowest BCUT2D eigenvalue weighted by Crippen LogP contribution is -2.28. The molecule has 0 spiro atoms. The summed E-state index contributed by atoms with van der Waals surface area (Å²) in [6.07, 6.45) is 4.93. The van der Waals surface area contributed by atoms with Crippen LogP contribution < -0.4 is 11.1 Å². The van der Waals surface area contributed by atoms with Crippen LogP contribution in [0.5, 0.6) is 0 Å². The maximum absolute atomic E-state index is 6.38. The third kappa shape index (κ3) is 3.33. The number of piperidine rings is 1. The van der Waals surface area contributed by atoms with Crippen molar-refractivity contribution in [1.82, 2.24) is 5.32 Å². The lowest BCUT2D eigenvalue weighted by atomic mass is 9.88. The second kappa shape index (κ2) is 6.35. The van der Waals surface area contributed by atoms with Gasteiger partial charge in [0.15, 0.2) is 0 Å². The number of rotatable bonds is 4. The largest absolute Gasteiger partial charge is 0.324 e. The first-order valence-corrected chi connectivity index (χ1v) is 7.26. The summed E-state index contributed by atoms with van der Waals surface area (Å²) in [6.45, 7) is 5.61. The Hall–Kier alpha value is -0.860. The van der Waals surface area contributed by atoms with Gasteiger partial charge in [-0.2, -0.15) is 0 Å². The fourth-order valence-electron chi connectivity index (χ4n) is 2.92. The van der Waals surface area contributed by atoms with Crippen molar-refractivity contribution in [3.63, 3.8) is 0 Å². The summed E-state index contributed by atoms with van der Waals surface area (Å²) in [4.78, 5) is 0. The third-order valence-electron chi connectivity index (χ3n) is 3.81. The van der Waals surface area contributed by atoms with Crippen molar-refractivity contribution in [1.29, 1.82) is 0 Å². The molecule has 1 heterocycles. The summed E-state index contributed by atoms with van der Waals surface area (Å²) in [5, 5.41) is 3.63. The van der Waals surface area contributed by atoms with E-state index in [4.69, 9.17) is 5.73 Å². The van der Waals surface area contributed by atoms with Gasteiger partial charge in [-0.3, -0.25) is 0 Å². The fourth-order valence-corrected chi connectivity index (χ4v) is 2.92. The number of benzene rings is 1. The Kier molecular flexibility index (Phi) is 4.79. The molecule has 2 unspecified atom stereocenters. The Morgan fingerprint density at radius 3 is 2.72 bits per heavy atom. The van der Waals surface area contributed by atoms with Crippen molar-refractivity contribution in [2.75, 3.05) is 6.54 Å². The summed E-state index contributed by atoms with van der Waals surface area (Å²) in [7, 11) is 0. The number of nitrogens with two attached hydrogens (primary N) is 1. The summed E-state index contributed by atoms with van der Waals surface area (Å²) < 4.78 is 0. The van der Waals surface area contributed by atoms with Crippen LogP contribution in [0.3, 0.4) is 0 Å². The van der Waals surface area contributed by atoms with E-state index in [1.807, 2.05) is 0 Å². The highest BCUT2D eigenvalue weighted by molar-refractivity contribution is 5.32. The third-order valence-corrected chi connectivity index (χ3v) is 3.81. The smallest absolute Gasteiger partial charge is 0.0323 e. The van der Waals surface area contributed by atoms with Crippen LogP contribution in [0.15, 0.2) is 24.3 Å². The zero-order chi connectivity index (χ0) is 13.0. The maximum Gasteiger partial charge on any atom is 0.0323 e. The van der Waals surface area contributed by atoms with E-state index in [0.717, 1.165) is 13.0 Å². The molecule has 2 heteroatoms. The van der Waals surface area contributed by atoms with Gasteiger partial charge in [0.2, 0.25) is 0 Å². The van der Waals surface area contributed by atoms with Crippen LogP contribution >= 0.6 is 0 Å². The topological polar surface area (TPSA) is 38.0 Å². The molecule has 0 radical (unpaired) electrons. The van der Waals surface area contributed by atoms with Gasteiger partial charge in [0.05, 0.1) is 0 Å². The molecule has 0 bridgehead atoms. The summed E-state index contributed by atoms with van der Waals surface area (Å²) in [5.74, 6) is 0.646. The maximum atomic E-state index is 6.38. The van der Waals surface area contributed by atoms with Crippen LogP contribution in [0.4, 0.5) is 0 Å². The van der Waals surface area contributed by atoms with Gasteiger partial charge in [-0.15, -0.1) is 0 Å². The predicted octanol–water partition coefficient (Wildman–Crippen LogP) is 3.55. The standard InChI is InChI=1S/C16H26N2/c1-12(2)11-15(17)13-7-3-4-8-14(13)16-9-5-6-10-18-16/h3-4,7-8,12,15-16,18H,5-6,9-11,17H2,1-2H3. The first-order chi connectivity index (χ1) is 8.68. The van der Waals surface area contributed by atoms with E-state index in [0.29, 0.717) is 12.0 Å². The fraction of sp³-hybridized carbons (Fsp3) is 0.625. The van der Waals surface area contributed by atoms with Crippen molar-refractivity contribution in [3.8, 4) is 0 Å². The average molecular weight is 246 g/mol. The highest BCUT2D eigenvalue weighted by Gasteiger charge is 2.20. The highest BCUT2D eigenvalue weighted by atomic mass is 14.9. The van der Waals surface area contributed by atoms with Crippen molar-refractivity contribution in [2.45, 2.75) is 51.6 Å². The van der Waals surface area contributed by atoms with E-state index in [1.54, 1.807) is 0 Å². The molecular formula is C16H26N2. The Labute approximate surface area is 111 Å². The summed E-state index contributed by atoms with van der Waals surface area (Å²) >= 11 is 0. The lowest BCUT2D eigenvalue weighted by Gasteiger charge is -2.28. The van der Waals surface area contributed by atoms with Crippen molar-refractivity contribution in [2.24, 2.45) is 11.7 Å². The molecule has 2 rings (SSSR count). The number of nitrogens with one attached hydrogen (secondary N) is 1. The highest BCUT2D eigenvalue weighted by Crippen LogP contribution is 2.30. The molecule has 1 saturated heterocycles. The van der Waals surface area contributed by atoms with Crippen LogP contribution in [0.25, 0.3) is 0 Å². The molecule has 1 aliphatic rings. The van der Waals surface area contributed by atoms with Gasteiger partial charge < -0.3 is 11.1 Å². The molecule has 1 aromatic rings. The Morgan fingerprint density at radius 1 is 1.28 bits per heavy atom. The molecule has 1 fully saturated rings. The van der Waals surface area contributed by atoms with Crippen molar-refractivity contribution in [3.05, 3.63) is 35.4 Å². The molecule has 0 aromatic heterocycles. The number of hydrogen-bond acceptors (Lipinski definition) is 2. The van der Waals surface area contributed by atoms with Crippen LogP contribution in [0.2, 0.25) is 0 Å². The van der Waals surface area contributed by atoms with E-state index in [-0.39, 0.29) is 6.04 Å². The molecule has 18 heavy (non-hydrogen) atoms. The number of hydrogen-bond donors (Lipinski definition) is 2. The summed E-state index contributed by atoms with van der Waals surface area (Å²) in [5.41, 5.74) is 9.14. The minimum absolute atomic E-state index is 0.171. The van der Waals surface area contributed by atoms with Crippen LogP contribution in [0, 0.1) is 5.92 Å². The Balaban J connectivity index is 2.18. The first-order valence-electron chi connectivity index (χ1n) is 7.26. The van der Waals surface area contributed by atoms with Gasteiger partial charge in [0, 0.05) is 12.1 Å². The Bertz CT molecular complexity index is 367. The van der Waals surface area contributed by atoms with Gasteiger partial charge in [-0.1, -0.05) is 44.5 Å². The molecule has 100 valence electrons. The SMILES string of the molecule is CC(C)CC(N)c1ccccc1C1CCCCN1. The first kappa shape index (κ1) is 13.6. The van der Waals surface area contributed by atoms with E-state index in [2.05, 4.69) is 43.4 Å². The van der Waals surface area contributed by atoms with Gasteiger partial charge in [-0.25, -0.2) is 0 Å². The van der Waals surface area contributed by atoms with E-state index in [9.17, 15) is 0 Å². The van der Waals surface area contributed by atoms with E-state index >= 15 is 0 Å². The predicted molar refractivity (Wildman–Crippen MR) is 77.4 cm³/mol. The van der Waals surface area contributed by atoms with Crippen LogP contribution in [0.1, 0.15) is 62.7 Å². The molecular weight excluding hydrogens is 220 g/mol. The molecule has 1 aliphatic heterocycles. The molecule has 1 aromatic carbocycles. The zero-order valence-corrected chi connectivity index (χ0v) is 11.7. The average Bonchev–Trinajstić information content (AvgIpc) is 2.39. The van der Waals surface area contributed by atoms with Crippen LogP contribution in [-0.4, -0.2) is 6.54 Å². The summed E-state index contributed by atoms with van der Waals surface area (Å²) in [6, 6.07) is 9.38. The molecule has 0 amide bonds. The second-order valence-corrected chi connectivity index (χ2v) is 5.87. The normalized spacial score (nSPS) is 22.1. The van der Waals surface area contributed by atoms with E-state index in [1.165, 1.54) is 30.4 Å². The van der Waals surface area contributed by atoms with Crippen LogP contribution in [-0.2, 0) is 0 Å². The minimum atomic E-state index is 0.171. The van der Waals surface area contributed by atoms with Gasteiger partial charge in [0.1, 0.15) is 0 Å². The molecule has 2 atom stereocenters. The van der Waals surface area contributed by atoms with Gasteiger partial charge >= 0.3 is 0 Å². The van der Waals surface area contributed by atoms with Gasteiger partial charge in [-0.05, 0) is 42.9 Å². The quantitative estimate of drug-likeness (QED) is 0.852. The molecule has 2 nitrogen and oxygen atoms in total. The van der Waals surface area contributed by atoms with Crippen molar-refractivity contribution >= 4 is 0 Å². The van der Waals surface area contributed by atoms with Gasteiger partial charge in [0.25, 0.3) is 0 Å². The molecule has 0 aliphatic carbocycles.